The summed E-state index contributed by atoms with van der Waals surface area (Å²) in [5, 5.41) is 13.6. The number of ether oxygens (including phenoxy) is 1. The van der Waals surface area contributed by atoms with Crippen molar-refractivity contribution in [3.05, 3.63) is 23.0 Å². The number of aromatic nitrogens is 3. The van der Waals surface area contributed by atoms with E-state index in [1.165, 1.54) is 5.56 Å². The average Bonchev–Trinajstić information content (AvgIpc) is 3.17. The lowest BCUT2D eigenvalue weighted by molar-refractivity contribution is -0.906. The highest BCUT2D eigenvalue weighted by atomic mass is 16.5. The molecule has 4 heterocycles. The van der Waals surface area contributed by atoms with Gasteiger partial charge in [-0.2, -0.15) is 14.9 Å². The van der Waals surface area contributed by atoms with Crippen molar-refractivity contribution in [3.8, 4) is 6.07 Å². The van der Waals surface area contributed by atoms with Gasteiger partial charge in [-0.3, -0.25) is 0 Å². The van der Waals surface area contributed by atoms with Crippen LogP contribution in [-0.4, -0.2) is 60.5 Å². The van der Waals surface area contributed by atoms with Gasteiger partial charge >= 0.3 is 0 Å². The summed E-state index contributed by atoms with van der Waals surface area (Å²) in [7, 11) is 0. The second kappa shape index (κ2) is 5.80. The van der Waals surface area contributed by atoms with Crippen LogP contribution in [0.2, 0.25) is 0 Å². The van der Waals surface area contributed by atoms with E-state index < -0.39 is 0 Å². The molecule has 4 rings (SSSR count). The fourth-order valence-electron chi connectivity index (χ4n) is 3.59. The first-order valence-electron chi connectivity index (χ1n) is 8.21. The first-order valence-corrected chi connectivity index (χ1v) is 8.21. The van der Waals surface area contributed by atoms with Gasteiger partial charge in [0, 0.05) is 17.8 Å². The molecule has 0 spiro atoms. The van der Waals surface area contributed by atoms with E-state index in [4.69, 9.17) is 4.74 Å². The Morgan fingerprint density at radius 3 is 3.00 bits per heavy atom. The van der Waals surface area contributed by atoms with Crippen LogP contribution in [0.5, 0.6) is 0 Å². The van der Waals surface area contributed by atoms with Crippen molar-refractivity contribution in [2.75, 3.05) is 50.8 Å². The van der Waals surface area contributed by atoms with Gasteiger partial charge < -0.3 is 14.5 Å². The molecule has 0 saturated carbocycles. The molecule has 0 amide bonds. The van der Waals surface area contributed by atoms with Gasteiger partial charge in [0.05, 0.1) is 32.5 Å². The van der Waals surface area contributed by atoms with Gasteiger partial charge in [0.25, 0.3) is 0 Å². The van der Waals surface area contributed by atoms with Crippen molar-refractivity contribution < 1.29 is 9.64 Å². The molecule has 1 N–H and O–H groups in total. The lowest BCUT2D eigenvalue weighted by Crippen LogP contribution is -3.14. The quantitative estimate of drug-likeness (QED) is 0.802. The highest BCUT2D eigenvalue weighted by Crippen LogP contribution is 2.30. The summed E-state index contributed by atoms with van der Waals surface area (Å²) >= 11 is 0. The Morgan fingerprint density at radius 1 is 1.39 bits per heavy atom. The SMILES string of the molecule is Cc1nc2c(C#N)cnn2c2c1CCN2CC[NH+]1CCOCC1. The van der Waals surface area contributed by atoms with Gasteiger partial charge in [-0.25, -0.2) is 4.98 Å². The molecule has 2 aliphatic rings. The molecule has 2 aromatic rings. The van der Waals surface area contributed by atoms with E-state index in [2.05, 4.69) is 21.1 Å². The third-order valence-corrected chi connectivity index (χ3v) is 4.91. The minimum atomic E-state index is 0.543. The Hall–Kier alpha value is -2.17. The zero-order chi connectivity index (χ0) is 15.8. The van der Waals surface area contributed by atoms with E-state index in [1.54, 1.807) is 11.1 Å². The van der Waals surface area contributed by atoms with Crippen LogP contribution < -0.4 is 9.80 Å². The molecular formula is C16H21N6O+. The van der Waals surface area contributed by atoms with Crippen molar-refractivity contribution in [2.24, 2.45) is 0 Å². The molecule has 0 atom stereocenters. The Labute approximate surface area is 135 Å². The number of hydrogen-bond donors (Lipinski definition) is 1. The van der Waals surface area contributed by atoms with Crippen LogP contribution in [0.4, 0.5) is 5.82 Å². The number of hydrogen-bond acceptors (Lipinski definition) is 5. The Morgan fingerprint density at radius 2 is 2.22 bits per heavy atom. The molecule has 0 aromatic carbocycles. The van der Waals surface area contributed by atoms with E-state index in [0.717, 1.165) is 63.9 Å². The van der Waals surface area contributed by atoms with Crippen molar-refractivity contribution in [1.29, 1.82) is 5.26 Å². The third-order valence-electron chi connectivity index (χ3n) is 4.91. The number of nitriles is 1. The molecule has 0 aliphatic carbocycles. The number of aryl methyl sites for hydroxylation is 1. The predicted octanol–water partition coefficient (Wildman–Crippen LogP) is -0.813. The molecule has 0 radical (unpaired) electrons. The summed E-state index contributed by atoms with van der Waals surface area (Å²) in [4.78, 5) is 8.59. The van der Waals surface area contributed by atoms with Gasteiger partial charge in [-0.1, -0.05) is 0 Å². The Kier molecular flexibility index (Phi) is 3.63. The van der Waals surface area contributed by atoms with Crippen LogP contribution in [0.15, 0.2) is 6.20 Å². The topological polar surface area (TPSA) is 70.9 Å². The number of nitrogens with zero attached hydrogens (tertiary/aromatic N) is 5. The van der Waals surface area contributed by atoms with Gasteiger partial charge in [-0.15, -0.1) is 0 Å². The van der Waals surface area contributed by atoms with Crippen molar-refractivity contribution in [2.45, 2.75) is 13.3 Å². The fourth-order valence-corrected chi connectivity index (χ4v) is 3.59. The van der Waals surface area contributed by atoms with Crippen LogP contribution in [0, 0.1) is 18.3 Å². The second-order valence-electron chi connectivity index (χ2n) is 6.25. The smallest absolute Gasteiger partial charge is 0.175 e. The summed E-state index contributed by atoms with van der Waals surface area (Å²) in [6.45, 7) is 9.05. The molecule has 7 nitrogen and oxygen atoms in total. The fraction of sp³-hybridized carbons (Fsp3) is 0.562. The van der Waals surface area contributed by atoms with E-state index in [9.17, 15) is 5.26 Å². The van der Waals surface area contributed by atoms with E-state index in [0.29, 0.717) is 11.2 Å². The minimum absolute atomic E-state index is 0.543. The maximum Gasteiger partial charge on any atom is 0.175 e. The zero-order valence-electron chi connectivity index (χ0n) is 13.4. The van der Waals surface area contributed by atoms with Crippen LogP contribution >= 0.6 is 0 Å². The van der Waals surface area contributed by atoms with Crippen molar-refractivity contribution >= 4 is 11.5 Å². The number of nitrogens with one attached hydrogen (secondary N) is 1. The maximum absolute atomic E-state index is 9.23. The summed E-state index contributed by atoms with van der Waals surface area (Å²) in [6, 6.07) is 2.18. The van der Waals surface area contributed by atoms with Crippen LogP contribution in [0.25, 0.3) is 5.65 Å². The molecule has 23 heavy (non-hydrogen) atoms. The van der Waals surface area contributed by atoms with Crippen LogP contribution in [-0.2, 0) is 11.2 Å². The Balaban J connectivity index is 1.63. The number of morpholine rings is 1. The van der Waals surface area contributed by atoms with E-state index in [1.807, 2.05) is 11.4 Å². The minimum Gasteiger partial charge on any atom is -0.370 e. The highest BCUT2D eigenvalue weighted by molar-refractivity contribution is 5.64. The number of fused-ring (bicyclic) bond motifs is 3. The molecule has 1 fully saturated rings. The van der Waals surface area contributed by atoms with E-state index >= 15 is 0 Å². The van der Waals surface area contributed by atoms with Gasteiger partial charge in [-0.05, 0) is 13.3 Å². The standard InChI is InChI=1S/C16H20N6O/c1-12-14-2-3-21(5-4-20-6-8-23-9-7-20)16(14)22-15(19-12)13(10-17)11-18-22/h11H,2-9H2,1H3/p+1. The largest absolute Gasteiger partial charge is 0.370 e. The maximum atomic E-state index is 9.23. The van der Waals surface area contributed by atoms with Gasteiger partial charge in [0.1, 0.15) is 30.5 Å². The summed E-state index contributed by atoms with van der Waals surface area (Å²) in [6.07, 6.45) is 2.62. The van der Waals surface area contributed by atoms with Gasteiger partial charge in [0.15, 0.2) is 5.65 Å². The summed E-state index contributed by atoms with van der Waals surface area (Å²) < 4.78 is 7.28. The lowest BCUT2D eigenvalue weighted by atomic mass is 10.2. The van der Waals surface area contributed by atoms with Gasteiger partial charge in [0.2, 0.25) is 0 Å². The number of rotatable bonds is 3. The third kappa shape index (κ3) is 2.44. The van der Waals surface area contributed by atoms with Crippen LogP contribution in [0.1, 0.15) is 16.8 Å². The van der Waals surface area contributed by atoms with Crippen molar-refractivity contribution in [3.63, 3.8) is 0 Å². The molecule has 7 heteroatoms. The molecule has 0 bridgehead atoms. The first-order chi connectivity index (χ1) is 11.3. The molecule has 1 saturated heterocycles. The molecule has 2 aliphatic heterocycles. The second-order valence-corrected chi connectivity index (χ2v) is 6.25. The monoisotopic (exact) mass is 313 g/mol. The predicted molar refractivity (Wildman–Crippen MR) is 84.7 cm³/mol. The number of anilines is 1. The van der Waals surface area contributed by atoms with E-state index in [-0.39, 0.29) is 0 Å². The molecule has 2 aromatic heterocycles. The first kappa shape index (κ1) is 14.4. The summed E-state index contributed by atoms with van der Waals surface area (Å²) in [5.74, 6) is 1.13. The van der Waals surface area contributed by atoms with Crippen LogP contribution in [0.3, 0.4) is 0 Å². The lowest BCUT2D eigenvalue weighted by Gasteiger charge is -2.27. The zero-order valence-corrected chi connectivity index (χ0v) is 13.4. The molecule has 0 unspecified atom stereocenters. The number of quaternary nitrogens is 1. The molecule has 120 valence electrons. The Bertz CT molecular complexity index is 771. The summed E-state index contributed by atoms with van der Waals surface area (Å²) in [5.41, 5.74) is 3.50. The molecular weight excluding hydrogens is 292 g/mol. The average molecular weight is 313 g/mol. The van der Waals surface area contributed by atoms with Crippen molar-refractivity contribution in [1.82, 2.24) is 14.6 Å². The normalized spacial score (nSPS) is 18.3. The highest BCUT2D eigenvalue weighted by Gasteiger charge is 2.27.